The van der Waals surface area contributed by atoms with Gasteiger partial charge in [-0.3, -0.25) is 0 Å². The third-order valence-electron chi connectivity index (χ3n) is 4.32. The van der Waals surface area contributed by atoms with Crippen LogP contribution in [-0.4, -0.2) is 8.07 Å². The van der Waals surface area contributed by atoms with E-state index in [1.807, 2.05) is 0 Å². The fraction of sp³-hybridized carbons (Fsp3) is 0.130. The molecule has 4 aromatic rings. The number of fused-ring (bicyclic) bond motifs is 5. The van der Waals surface area contributed by atoms with Crippen molar-refractivity contribution in [2.24, 2.45) is 0 Å². The Kier molecular flexibility index (Phi) is 3.44. The number of hydrogen-bond donors (Lipinski definition) is 0. The van der Waals surface area contributed by atoms with Crippen LogP contribution in [0.2, 0.25) is 19.6 Å². The number of rotatable bonds is 0. The number of hydrogen-bond acceptors (Lipinski definition) is 0. The van der Waals surface area contributed by atoms with Crippen molar-refractivity contribution in [3.05, 3.63) is 72.3 Å². The van der Waals surface area contributed by atoms with Crippen molar-refractivity contribution in [3.63, 3.8) is 0 Å². The molecule has 0 spiro atoms. The van der Waals surface area contributed by atoms with Crippen LogP contribution in [0.1, 0.15) is 5.56 Å². The van der Waals surface area contributed by atoms with E-state index in [0.717, 1.165) is 5.56 Å². The second-order valence-corrected chi connectivity index (χ2v) is 12.1. The van der Waals surface area contributed by atoms with Crippen LogP contribution in [0.5, 0.6) is 0 Å². The van der Waals surface area contributed by atoms with E-state index in [1.165, 1.54) is 32.3 Å². The molecule has 0 aromatic heterocycles. The molecule has 0 saturated carbocycles. The van der Waals surface area contributed by atoms with E-state index < -0.39 is 8.07 Å². The molecule has 0 N–H and O–H groups in total. The Labute approximate surface area is 144 Å². The first kappa shape index (κ1) is 15.0. The highest BCUT2D eigenvalue weighted by molar-refractivity contribution is 6.83. The largest absolute Gasteiger partial charge is 0.129 e. The molecule has 4 rings (SSSR count). The van der Waals surface area contributed by atoms with Crippen LogP contribution in [0.3, 0.4) is 0 Å². The van der Waals surface area contributed by atoms with Crippen molar-refractivity contribution in [2.45, 2.75) is 19.6 Å². The Morgan fingerprint density at radius 1 is 0.667 bits per heavy atom. The van der Waals surface area contributed by atoms with Crippen LogP contribution in [0.15, 0.2) is 66.7 Å². The molecule has 0 unspecified atom stereocenters. The Morgan fingerprint density at radius 3 is 2.04 bits per heavy atom. The molecule has 0 radical (unpaired) electrons. The molecule has 0 aliphatic carbocycles. The lowest BCUT2D eigenvalue weighted by atomic mass is 9.94. The minimum Gasteiger partial charge on any atom is -0.127 e. The summed E-state index contributed by atoms with van der Waals surface area (Å²) < 4.78 is 0. The highest BCUT2D eigenvalue weighted by atomic mass is 28.3. The molecule has 1 heteroatoms. The normalized spacial score (nSPS) is 11.6. The molecule has 0 atom stereocenters. The van der Waals surface area contributed by atoms with Gasteiger partial charge in [0.05, 0.1) is 0 Å². The SMILES string of the molecule is C[Si](C)(C)C#Cc1cc2ccc3ccccc3c2c2ccccc12. The van der Waals surface area contributed by atoms with Crippen LogP contribution < -0.4 is 0 Å². The van der Waals surface area contributed by atoms with Gasteiger partial charge in [-0.1, -0.05) is 86.2 Å². The van der Waals surface area contributed by atoms with E-state index in [4.69, 9.17) is 0 Å². The van der Waals surface area contributed by atoms with Gasteiger partial charge in [0.1, 0.15) is 8.07 Å². The summed E-state index contributed by atoms with van der Waals surface area (Å²) in [5, 5.41) is 7.76. The molecule has 24 heavy (non-hydrogen) atoms. The summed E-state index contributed by atoms with van der Waals surface area (Å²) in [5.74, 6) is 3.48. The maximum absolute atomic E-state index is 3.52. The summed E-state index contributed by atoms with van der Waals surface area (Å²) >= 11 is 0. The summed E-state index contributed by atoms with van der Waals surface area (Å²) in [5.41, 5.74) is 4.67. The minimum absolute atomic E-state index is 1.15. The predicted octanol–water partition coefficient (Wildman–Crippen LogP) is 6.38. The van der Waals surface area contributed by atoms with Gasteiger partial charge >= 0.3 is 0 Å². The maximum Gasteiger partial charge on any atom is 0.129 e. The summed E-state index contributed by atoms with van der Waals surface area (Å²) in [7, 11) is -1.40. The van der Waals surface area contributed by atoms with E-state index in [0.29, 0.717) is 0 Å². The zero-order valence-corrected chi connectivity index (χ0v) is 15.4. The van der Waals surface area contributed by atoms with Gasteiger partial charge in [0.2, 0.25) is 0 Å². The van der Waals surface area contributed by atoms with Crippen molar-refractivity contribution in [1.29, 1.82) is 0 Å². The molecular weight excluding hydrogens is 304 g/mol. The second-order valence-electron chi connectivity index (χ2n) is 7.35. The first-order valence-corrected chi connectivity index (χ1v) is 11.9. The van der Waals surface area contributed by atoms with Gasteiger partial charge in [-0.15, -0.1) is 5.54 Å². The Balaban J connectivity index is 2.16. The topological polar surface area (TPSA) is 0 Å². The zero-order chi connectivity index (χ0) is 16.7. The highest BCUT2D eigenvalue weighted by Gasteiger charge is 2.10. The smallest absolute Gasteiger partial charge is 0.127 e. The Bertz CT molecular complexity index is 1130. The van der Waals surface area contributed by atoms with Gasteiger partial charge in [-0.2, -0.15) is 0 Å². The summed E-state index contributed by atoms with van der Waals surface area (Å²) in [4.78, 5) is 0. The van der Waals surface area contributed by atoms with Crippen LogP contribution in [0.4, 0.5) is 0 Å². The molecule has 0 bridgehead atoms. The third kappa shape index (κ3) is 2.60. The first-order chi connectivity index (χ1) is 11.5. The van der Waals surface area contributed by atoms with E-state index in [-0.39, 0.29) is 0 Å². The second kappa shape index (κ2) is 5.51. The monoisotopic (exact) mass is 324 g/mol. The molecule has 116 valence electrons. The fourth-order valence-electron chi connectivity index (χ4n) is 3.24. The lowest BCUT2D eigenvalue weighted by Gasteiger charge is -2.10. The summed E-state index contributed by atoms with van der Waals surface area (Å²) in [6.07, 6.45) is 0. The first-order valence-electron chi connectivity index (χ1n) is 8.39. The molecule has 4 aromatic carbocycles. The van der Waals surface area contributed by atoms with Gasteiger partial charge in [0, 0.05) is 5.56 Å². The van der Waals surface area contributed by atoms with Crippen molar-refractivity contribution in [2.75, 3.05) is 0 Å². The van der Waals surface area contributed by atoms with Crippen molar-refractivity contribution in [1.82, 2.24) is 0 Å². The summed E-state index contributed by atoms with van der Waals surface area (Å²) in [6, 6.07) is 24.0. The summed E-state index contributed by atoms with van der Waals surface area (Å²) in [6.45, 7) is 6.87. The van der Waals surface area contributed by atoms with Gasteiger partial charge < -0.3 is 0 Å². The quantitative estimate of drug-likeness (QED) is 0.200. The molecule has 0 heterocycles. The van der Waals surface area contributed by atoms with Gasteiger partial charge in [0.15, 0.2) is 0 Å². The average molecular weight is 324 g/mol. The molecule has 0 saturated heterocycles. The van der Waals surface area contributed by atoms with Gasteiger partial charge in [-0.25, -0.2) is 0 Å². The lowest BCUT2D eigenvalue weighted by Crippen LogP contribution is -2.16. The van der Waals surface area contributed by atoms with Crippen molar-refractivity contribution < 1.29 is 0 Å². The van der Waals surface area contributed by atoms with E-state index in [1.54, 1.807) is 0 Å². The lowest BCUT2D eigenvalue weighted by molar-refractivity contribution is 1.74. The Morgan fingerprint density at radius 2 is 1.29 bits per heavy atom. The van der Waals surface area contributed by atoms with Gasteiger partial charge in [-0.05, 0) is 38.4 Å². The number of benzene rings is 4. The van der Waals surface area contributed by atoms with Crippen LogP contribution in [-0.2, 0) is 0 Å². The zero-order valence-electron chi connectivity index (χ0n) is 14.4. The molecule has 0 aliphatic rings. The molecule has 0 aliphatic heterocycles. The highest BCUT2D eigenvalue weighted by Crippen LogP contribution is 2.33. The van der Waals surface area contributed by atoms with Crippen LogP contribution in [0.25, 0.3) is 32.3 Å². The third-order valence-corrected chi connectivity index (χ3v) is 5.19. The molecule has 0 nitrogen and oxygen atoms in total. The minimum atomic E-state index is -1.40. The fourth-order valence-corrected chi connectivity index (χ4v) is 3.75. The Hall–Kier alpha value is -2.56. The maximum atomic E-state index is 3.52. The van der Waals surface area contributed by atoms with Crippen molar-refractivity contribution in [3.8, 4) is 11.5 Å². The molecule has 0 fully saturated rings. The molecule has 0 amide bonds. The van der Waals surface area contributed by atoms with E-state index in [9.17, 15) is 0 Å². The molecular formula is C23H20Si. The van der Waals surface area contributed by atoms with E-state index >= 15 is 0 Å². The van der Waals surface area contributed by atoms with Crippen molar-refractivity contribution >= 4 is 40.4 Å². The average Bonchev–Trinajstić information content (AvgIpc) is 2.58. The van der Waals surface area contributed by atoms with Crippen LogP contribution >= 0.6 is 0 Å². The van der Waals surface area contributed by atoms with E-state index in [2.05, 4.69) is 97.8 Å². The van der Waals surface area contributed by atoms with Crippen LogP contribution in [0, 0.1) is 11.5 Å². The van der Waals surface area contributed by atoms with Gasteiger partial charge in [0.25, 0.3) is 0 Å². The predicted molar refractivity (Wildman–Crippen MR) is 109 cm³/mol. The standard InChI is InChI=1S/C23H20Si/c1-24(2,3)15-14-18-16-19-13-12-17-8-4-5-10-21(17)23(19)22-11-7-6-9-20(18)22/h4-13,16H,1-3H3.